The lowest BCUT2D eigenvalue weighted by Gasteiger charge is -2.18. The molecule has 2 N–H and O–H groups in total. The lowest BCUT2D eigenvalue weighted by Crippen LogP contribution is -2.39. The number of amides is 2. The zero-order valence-corrected chi connectivity index (χ0v) is 16.6. The molecule has 8 heteroatoms. The molecule has 1 atom stereocenters. The third-order valence-electron chi connectivity index (χ3n) is 4.30. The van der Waals surface area contributed by atoms with Crippen molar-refractivity contribution in [1.29, 1.82) is 0 Å². The third-order valence-corrected chi connectivity index (χ3v) is 4.30. The van der Waals surface area contributed by atoms with E-state index >= 15 is 0 Å². The molecule has 0 radical (unpaired) electrons. The SMILES string of the molecule is CCOc1ccc(NC(=O)C(=O)NCC(c2ccco2)n2nc(C)cc2C)cc1. The average Bonchev–Trinajstić information content (AvgIpc) is 3.34. The molecule has 0 saturated carbocycles. The van der Waals surface area contributed by atoms with Crippen molar-refractivity contribution in [2.24, 2.45) is 0 Å². The van der Waals surface area contributed by atoms with E-state index in [-0.39, 0.29) is 12.6 Å². The number of anilines is 1. The van der Waals surface area contributed by atoms with Crippen LogP contribution in [-0.4, -0.2) is 34.7 Å². The summed E-state index contributed by atoms with van der Waals surface area (Å²) in [6.07, 6.45) is 1.56. The van der Waals surface area contributed by atoms with E-state index in [1.807, 2.05) is 32.9 Å². The Balaban J connectivity index is 1.63. The van der Waals surface area contributed by atoms with E-state index in [9.17, 15) is 9.59 Å². The fourth-order valence-corrected chi connectivity index (χ4v) is 3.01. The normalized spacial score (nSPS) is 11.7. The summed E-state index contributed by atoms with van der Waals surface area (Å²) in [6, 6.07) is 12.0. The summed E-state index contributed by atoms with van der Waals surface area (Å²) in [6.45, 7) is 6.43. The van der Waals surface area contributed by atoms with Crippen LogP contribution in [0, 0.1) is 13.8 Å². The largest absolute Gasteiger partial charge is 0.494 e. The van der Waals surface area contributed by atoms with E-state index in [4.69, 9.17) is 9.15 Å². The zero-order chi connectivity index (χ0) is 20.8. The van der Waals surface area contributed by atoms with Gasteiger partial charge in [0, 0.05) is 17.9 Å². The molecule has 152 valence electrons. The van der Waals surface area contributed by atoms with Gasteiger partial charge >= 0.3 is 11.8 Å². The first kappa shape index (κ1) is 20.2. The minimum atomic E-state index is -0.749. The number of benzene rings is 1. The van der Waals surface area contributed by atoms with Crippen molar-refractivity contribution in [2.75, 3.05) is 18.5 Å². The summed E-state index contributed by atoms with van der Waals surface area (Å²) >= 11 is 0. The highest BCUT2D eigenvalue weighted by molar-refractivity contribution is 6.39. The van der Waals surface area contributed by atoms with E-state index in [1.54, 1.807) is 41.3 Å². The van der Waals surface area contributed by atoms with Crippen LogP contribution < -0.4 is 15.4 Å². The molecule has 0 aliphatic carbocycles. The highest BCUT2D eigenvalue weighted by atomic mass is 16.5. The summed E-state index contributed by atoms with van der Waals surface area (Å²) in [4.78, 5) is 24.5. The van der Waals surface area contributed by atoms with Crippen LogP contribution in [0.4, 0.5) is 5.69 Å². The van der Waals surface area contributed by atoms with Crippen molar-refractivity contribution in [1.82, 2.24) is 15.1 Å². The molecule has 3 aromatic rings. The molecule has 8 nitrogen and oxygen atoms in total. The molecule has 0 fully saturated rings. The van der Waals surface area contributed by atoms with Crippen LogP contribution in [0.1, 0.15) is 30.1 Å². The number of furan rings is 1. The number of nitrogens with zero attached hydrogens (tertiary/aromatic N) is 2. The van der Waals surface area contributed by atoms with Crippen molar-refractivity contribution in [3.05, 3.63) is 65.9 Å². The Kier molecular flexibility index (Phi) is 6.33. The van der Waals surface area contributed by atoms with Gasteiger partial charge in [0.05, 0.1) is 18.6 Å². The average molecular weight is 396 g/mol. The number of carbonyl (C=O) groups is 2. The molecule has 0 spiro atoms. The fourth-order valence-electron chi connectivity index (χ4n) is 3.01. The first-order valence-corrected chi connectivity index (χ1v) is 9.36. The van der Waals surface area contributed by atoms with Gasteiger partial charge in [-0.15, -0.1) is 0 Å². The summed E-state index contributed by atoms with van der Waals surface area (Å²) in [5.41, 5.74) is 2.30. The standard InChI is InChI=1S/C21H24N4O4/c1-4-28-17-9-7-16(8-10-17)23-21(27)20(26)22-13-18(19-6-5-11-29-19)25-15(3)12-14(2)24-25/h5-12,18H,4,13H2,1-3H3,(H,22,26)(H,23,27). The second-order valence-electron chi connectivity index (χ2n) is 6.52. The molecule has 2 amide bonds. The molecule has 2 aromatic heterocycles. The number of hydrogen-bond acceptors (Lipinski definition) is 5. The first-order valence-electron chi connectivity index (χ1n) is 9.36. The first-order chi connectivity index (χ1) is 14.0. The molecular formula is C21H24N4O4. The summed E-state index contributed by atoms with van der Waals surface area (Å²) < 4.78 is 12.6. The molecule has 2 heterocycles. The summed E-state index contributed by atoms with van der Waals surface area (Å²) in [7, 11) is 0. The van der Waals surface area contributed by atoms with E-state index in [0.717, 1.165) is 11.4 Å². The summed E-state index contributed by atoms with van der Waals surface area (Å²) in [5, 5.41) is 9.71. The van der Waals surface area contributed by atoms with Crippen LogP contribution in [0.25, 0.3) is 0 Å². The molecule has 0 bridgehead atoms. The van der Waals surface area contributed by atoms with Gasteiger partial charge in [-0.3, -0.25) is 14.3 Å². The minimum Gasteiger partial charge on any atom is -0.494 e. The zero-order valence-electron chi connectivity index (χ0n) is 16.6. The highest BCUT2D eigenvalue weighted by Crippen LogP contribution is 2.20. The summed E-state index contributed by atoms with van der Waals surface area (Å²) in [5.74, 6) is -0.151. The van der Waals surface area contributed by atoms with Gasteiger partial charge in [0.1, 0.15) is 17.6 Å². The van der Waals surface area contributed by atoms with E-state index in [2.05, 4.69) is 15.7 Å². The van der Waals surface area contributed by atoms with Crippen molar-refractivity contribution < 1.29 is 18.7 Å². The topological polar surface area (TPSA) is 98.4 Å². The Bertz CT molecular complexity index is 961. The second kappa shape index (κ2) is 9.09. The Morgan fingerprint density at radius 2 is 1.93 bits per heavy atom. The number of aromatic nitrogens is 2. The molecule has 1 aromatic carbocycles. The van der Waals surface area contributed by atoms with Crippen LogP contribution in [0.15, 0.2) is 53.1 Å². The Morgan fingerprint density at radius 1 is 1.17 bits per heavy atom. The Labute approximate surface area is 168 Å². The second-order valence-corrected chi connectivity index (χ2v) is 6.52. The number of rotatable bonds is 7. The smallest absolute Gasteiger partial charge is 0.313 e. The van der Waals surface area contributed by atoms with Crippen LogP contribution in [0.3, 0.4) is 0 Å². The molecule has 3 rings (SSSR count). The molecule has 29 heavy (non-hydrogen) atoms. The monoisotopic (exact) mass is 396 g/mol. The van der Waals surface area contributed by atoms with Gasteiger partial charge in [-0.25, -0.2) is 0 Å². The lowest BCUT2D eigenvalue weighted by molar-refractivity contribution is -0.136. The molecule has 0 aliphatic heterocycles. The lowest BCUT2D eigenvalue weighted by atomic mass is 10.2. The van der Waals surface area contributed by atoms with Gasteiger partial charge in [0.15, 0.2) is 0 Å². The van der Waals surface area contributed by atoms with Crippen molar-refractivity contribution in [3.63, 3.8) is 0 Å². The fraction of sp³-hybridized carbons (Fsp3) is 0.286. The predicted octanol–water partition coefficient (Wildman–Crippen LogP) is 2.84. The van der Waals surface area contributed by atoms with Crippen molar-refractivity contribution in [2.45, 2.75) is 26.8 Å². The number of carbonyl (C=O) groups excluding carboxylic acids is 2. The van der Waals surface area contributed by atoms with E-state index in [0.29, 0.717) is 23.8 Å². The van der Waals surface area contributed by atoms with Gasteiger partial charge < -0.3 is 19.8 Å². The van der Waals surface area contributed by atoms with Gasteiger partial charge in [0.25, 0.3) is 0 Å². The molecular weight excluding hydrogens is 372 g/mol. The molecule has 1 unspecified atom stereocenters. The minimum absolute atomic E-state index is 0.158. The van der Waals surface area contributed by atoms with Gasteiger partial charge in [-0.05, 0) is 63.2 Å². The maximum Gasteiger partial charge on any atom is 0.313 e. The molecule has 0 aliphatic rings. The number of ether oxygens (including phenoxy) is 1. The Morgan fingerprint density at radius 3 is 2.52 bits per heavy atom. The van der Waals surface area contributed by atoms with E-state index < -0.39 is 11.8 Å². The molecule has 0 saturated heterocycles. The number of aryl methyl sites for hydroxylation is 2. The van der Waals surface area contributed by atoms with Gasteiger partial charge in [-0.1, -0.05) is 0 Å². The van der Waals surface area contributed by atoms with Crippen LogP contribution >= 0.6 is 0 Å². The maximum absolute atomic E-state index is 12.3. The van der Waals surface area contributed by atoms with Gasteiger partial charge in [0.2, 0.25) is 0 Å². The van der Waals surface area contributed by atoms with Crippen molar-refractivity contribution >= 4 is 17.5 Å². The third kappa shape index (κ3) is 5.04. The quantitative estimate of drug-likeness (QED) is 0.599. The number of nitrogens with one attached hydrogen (secondary N) is 2. The van der Waals surface area contributed by atoms with Gasteiger partial charge in [-0.2, -0.15) is 5.10 Å². The van der Waals surface area contributed by atoms with Crippen molar-refractivity contribution in [3.8, 4) is 5.75 Å². The predicted molar refractivity (Wildman–Crippen MR) is 108 cm³/mol. The highest BCUT2D eigenvalue weighted by Gasteiger charge is 2.22. The van der Waals surface area contributed by atoms with Crippen LogP contribution in [-0.2, 0) is 9.59 Å². The Hall–Kier alpha value is -3.55. The maximum atomic E-state index is 12.3. The van der Waals surface area contributed by atoms with E-state index in [1.165, 1.54) is 0 Å². The van der Waals surface area contributed by atoms with Crippen LogP contribution in [0.2, 0.25) is 0 Å². The van der Waals surface area contributed by atoms with Crippen LogP contribution in [0.5, 0.6) is 5.75 Å². The number of hydrogen-bond donors (Lipinski definition) is 2.